The Kier molecular flexibility index (Phi) is 3.99. The molecule has 2 amide bonds. The highest BCUT2D eigenvalue weighted by atomic mass is 35.5. The van der Waals surface area contributed by atoms with E-state index in [0.717, 1.165) is 36.8 Å². The van der Waals surface area contributed by atoms with E-state index in [1.807, 2.05) is 11.0 Å². The van der Waals surface area contributed by atoms with Crippen LogP contribution in [-0.4, -0.2) is 40.8 Å². The fourth-order valence-electron chi connectivity index (χ4n) is 3.71. The van der Waals surface area contributed by atoms with E-state index in [0.29, 0.717) is 16.1 Å². The van der Waals surface area contributed by atoms with Crippen LogP contribution in [0.4, 0.5) is 0 Å². The Labute approximate surface area is 151 Å². The Balaban J connectivity index is 1.39. The molecule has 2 N–H and O–H groups in total. The summed E-state index contributed by atoms with van der Waals surface area (Å²) >= 11 is 5.98. The lowest BCUT2D eigenvalue weighted by Crippen LogP contribution is -2.49. The summed E-state index contributed by atoms with van der Waals surface area (Å²) in [6.07, 6.45) is 4.82. The molecule has 2 aliphatic rings. The number of benzene rings is 1. The van der Waals surface area contributed by atoms with Crippen molar-refractivity contribution in [1.82, 2.24) is 15.2 Å². The van der Waals surface area contributed by atoms with Gasteiger partial charge in [-0.3, -0.25) is 9.59 Å². The van der Waals surface area contributed by atoms with Crippen LogP contribution < -0.4 is 5.32 Å². The molecule has 132 valence electrons. The third-order valence-electron chi connectivity index (χ3n) is 5.64. The normalized spacial score (nSPS) is 19.8. The number of nitrogens with one attached hydrogen (secondary N) is 2. The maximum Gasteiger partial charge on any atom is 0.268 e. The molecule has 1 aromatic heterocycles. The standard InChI is InChI=1S/C19H22ClN3O2/c1-12(18(25)23-8-6-19(4-5-19)7-9-23)21-17(24)16-11-13-10-14(20)2-3-15(13)22-16/h2-3,10-12,22H,4-9H2,1H3,(H,21,24)/t12-/m1/s1. The number of piperidine rings is 1. The van der Waals surface area contributed by atoms with Crippen molar-refractivity contribution in [2.45, 2.75) is 38.6 Å². The van der Waals surface area contributed by atoms with Gasteiger partial charge in [-0.05, 0) is 62.3 Å². The molecule has 1 spiro atoms. The zero-order valence-corrected chi connectivity index (χ0v) is 15.0. The summed E-state index contributed by atoms with van der Waals surface area (Å²) in [4.78, 5) is 30.0. The molecule has 1 saturated carbocycles. The van der Waals surface area contributed by atoms with Crippen molar-refractivity contribution in [3.63, 3.8) is 0 Å². The molecule has 0 unspecified atom stereocenters. The van der Waals surface area contributed by atoms with Crippen molar-refractivity contribution < 1.29 is 9.59 Å². The zero-order valence-electron chi connectivity index (χ0n) is 14.3. The van der Waals surface area contributed by atoms with E-state index >= 15 is 0 Å². The van der Waals surface area contributed by atoms with Crippen molar-refractivity contribution in [2.75, 3.05) is 13.1 Å². The Morgan fingerprint density at radius 3 is 2.60 bits per heavy atom. The number of aromatic nitrogens is 1. The number of carbonyl (C=O) groups is 2. The van der Waals surface area contributed by atoms with Crippen LogP contribution >= 0.6 is 11.6 Å². The Hall–Kier alpha value is -2.01. The monoisotopic (exact) mass is 359 g/mol. The van der Waals surface area contributed by atoms with Crippen molar-refractivity contribution in [3.8, 4) is 0 Å². The molecule has 25 heavy (non-hydrogen) atoms. The molecule has 5 nitrogen and oxygen atoms in total. The number of halogens is 1. The number of rotatable bonds is 3. The fourth-order valence-corrected chi connectivity index (χ4v) is 3.89. The highest BCUT2D eigenvalue weighted by Gasteiger charge is 2.45. The van der Waals surface area contributed by atoms with Crippen LogP contribution in [0.15, 0.2) is 24.3 Å². The number of aromatic amines is 1. The quantitative estimate of drug-likeness (QED) is 0.882. The predicted molar refractivity (Wildman–Crippen MR) is 97.7 cm³/mol. The Morgan fingerprint density at radius 1 is 1.20 bits per heavy atom. The van der Waals surface area contributed by atoms with Gasteiger partial charge < -0.3 is 15.2 Å². The molecule has 1 atom stereocenters. The van der Waals surface area contributed by atoms with Crippen molar-refractivity contribution in [3.05, 3.63) is 35.0 Å². The highest BCUT2D eigenvalue weighted by molar-refractivity contribution is 6.31. The van der Waals surface area contributed by atoms with Gasteiger partial charge in [0.1, 0.15) is 11.7 Å². The van der Waals surface area contributed by atoms with Crippen LogP contribution in [0.5, 0.6) is 0 Å². The molecule has 4 rings (SSSR count). The van der Waals surface area contributed by atoms with Crippen LogP contribution in [0.2, 0.25) is 5.02 Å². The third kappa shape index (κ3) is 3.25. The van der Waals surface area contributed by atoms with Crippen molar-refractivity contribution in [2.24, 2.45) is 5.41 Å². The first-order valence-electron chi connectivity index (χ1n) is 8.84. The van der Waals surface area contributed by atoms with E-state index in [9.17, 15) is 9.59 Å². The second kappa shape index (κ2) is 6.06. The van der Waals surface area contributed by atoms with E-state index < -0.39 is 6.04 Å². The summed E-state index contributed by atoms with van der Waals surface area (Å²) in [5.41, 5.74) is 1.82. The van der Waals surface area contributed by atoms with Gasteiger partial charge in [0.25, 0.3) is 5.91 Å². The average Bonchev–Trinajstić information content (AvgIpc) is 3.21. The topological polar surface area (TPSA) is 65.2 Å². The van der Waals surface area contributed by atoms with Gasteiger partial charge >= 0.3 is 0 Å². The van der Waals surface area contributed by atoms with E-state index in [-0.39, 0.29) is 11.8 Å². The van der Waals surface area contributed by atoms with Crippen molar-refractivity contribution >= 4 is 34.3 Å². The summed E-state index contributed by atoms with van der Waals surface area (Å²) in [6, 6.07) is 6.64. The van der Waals surface area contributed by atoms with Crippen LogP contribution in [0.1, 0.15) is 43.1 Å². The minimum absolute atomic E-state index is 0.00278. The lowest BCUT2D eigenvalue weighted by molar-refractivity contribution is -0.134. The molecule has 2 fully saturated rings. The molecule has 0 radical (unpaired) electrons. The first-order valence-corrected chi connectivity index (χ1v) is 9.22. The molecule has 6 heteroatoms. The number of H-pyrrole nitrogens is 1. The van der Waals surface area contributed by atoms with Gasteiger partial charge in [-0.2, -0.15) is 0 Å². The summed E-state index contributed by atoms with van der Waals surface area (Å²) in [7, 11) is 0. The molecule has 1 saturated heterocycles. The van der Waals surface area contributed by atoms with E-state index in [1.165, 1.54) is 12.8 Å². The largest absolute Gasteiger partial charge is 0.351 e. The molecule has 1 aliphatic heterocycles. The predicted octanol–water partition coefficient (Wildman–Crippen LogP) is 3.34. The van der Waals surface area contributed by atoms with Crippen LogP contribution in [0.25, 0.3) is 10.9 Å². The fraction of sp³-hybridized carbons (Fsp3) is 0.474. The highest BCUT2D eigenvalue weighted by Crippen LogP contribution is 2.53. The van der Waals surface area contributed by atoms with Crippen LogP contribution in [-0.2, 0) is 4.79 Å². The smallest absolute Gasteiger partial charge is 0.268 e. The first-order chi connectivity index (χ1) is 12.0. The Morgan fingerprint density at radius 2 is 1.92 bits per heavy atom. The molecule has 0 bridgehead atoms. The second-order valence-corrected chi connectivity index (χ2v) is 7.87. The van der Waals surface area contributed by atoms with Gasteiger partial charge in [-0.1, -0.05) is 11.6 Å². The maximum absolute atomic E-state index is 12.6. The van der Waals surface area contributed by atoms with E-state index in [4.69, 9.17) is 11.6 Å². The SMILES string of the molecule is C[C@@H](NC(=O)c1cc2cc(Cl)ccc2[nH]1)C(=O)N1CCC2(CC1)CC2. The number of nitrogens with zero attached hydrogens (tertiary/aromatic N) is 1. The van der Waals surface area contributed by atoms with Gasteiger partial charge in [0, 0.05) is 29.0 Å². The number of hydrogen-bond donors (Lipinski definition) is 2. The van der Waals surface area contributed by atoms with Gasteiger partial charge in [0.15, 0.2) is 0 Å². The summed E-state index contributed by atoms with van der Waals surface area (Å²) in [6.45, 7) is 3.37. The van der Waals surface area contributed by atoms with Gasteiger partial charge in [0.05, 0.1) is 0 Å². The molecule has 1 aliphatic carbocycles. The summed E-state index contributed by atoms with van der Waals surface area (Å²) in [5, 5.41) is 4.31. The van der Waals surface area contributed by atoms with Crippen LogP contribution in [0, 0.1) is 5.41 Å². The lowest BCUT2D eigenvalue weighted by Gasteiger charge is -2.33. The minimum Gasteiger partial charge on any atom is -0.351 e. The Bertz CT molecular complexity index is 830. The second-order valence-electron chi connectivity index (χ2n) is 7.44. The number of carbonyl (C=O) groups excluding carboxylic acids is 2. The lowest BCUT2D eigenvalue weighted by atomic mass is 9.93. The molecular weight excluding hydrogens is 338 g/mol. The van der Waals surface area contributed by atoms with Gasteiger partial charge in [0.2, 0.25) is 5.91 Å². The molecular formula is C19H22ClN3O2. The van der Waals surface area contributed by atoms with Gasteiger partial charge in [-0.15, -0.1) is 0 Å². The summed E-state index contributed by atoms with van der Waals surface area (Å²) in [5.74, 6) is -0.271. The zero-order chi connectivity index (χ0) is 17.6. The number of amides is 2. The van der Waals surface area contributed by atoms with Crippen molar-refractivity contribution in [1.29, 1.82) is 0 Å². The van der Waals surface area contributed by atoms with Crippen LogP contribution in [0.3, 0.4) is 0 Å². The van der Waals surface area contributed by atoms with E-state index in [1.54, 1.807) is 25.1 Å². The summed E-state index contributed by atoms with van der Waals surface area (Å²) < 4.78 is 0. The molecule has 1 aromatic carbocycles. The number of fused-ring (bicyclic) bond motifs is 1. The van der Waals surface area contributed by atoms with E-state index in [2.05, 4.69) is 10.3 Å². The first kappa shape index (κ1) is 16.5. The minimum atomic E-state index is -0.532. The third-order valence-corrected chi connectivity index (χ3v) is 5.87. The molecule has 2 aromatic rings. The number of likely N-dealkylation sites (tertiary alicyclic amines) is 1. The maximum atomic E-state index is 12.6. The number of hydrogen-bond acceptors (Lipinski definition) is 2. The average molecular weight is 360 g/mol. The van der Waals surface area contributed by atoms with Gasteiger partial charge in [-0.25, -0.2) is 0 Å². The molecule has 2 heterocycles.